The number of carbonyl (C=O) groups is 1. The number of carbonyl (C=O) groups excluding carboxylic acids is 1. The van der Waals surface area contributed by atoms with Gasteiger partial charge in [-0.05, 0) is 64.6 Å². The first-order valence-electron chi connectivity index (χ1n) is 13.3. The van der Waals surface area contributed by atoms with Gasteiger partial charge in [-0.25, -0.2) is 0 Å². The highest BCUT2D eigenvalue weighted by molar-refractivity contribution is 6.12. The summed E-state index contributed by atoms with van der Waals surface area (Å²) in [5.41, 5.74) is 5.32. The van der Waals surface area contributed by atoms with Crippen LogP contribution in [-0.4, -0.2) is 23.8 Å². The Balaban J connectivity index is 1.50. The van der Waals surface area contributed by atoms with Gasteiger partial charge in [0.05, 0.1) is 11.0 Å². The molecule has 190 valence electrons. The van der Waals surface area contributed by atoms with Gasteiger partial charge in [0.1, 0.15) is 5.69 Å². The first-order valence-corrected chi connectivity index (χ1v) is 13.3. The summed E-state index contributed by atoms with van der Waals surface area (Å²) in [5, 5.41) is 18.1. The predicted octanol–water partition coefficient (Wildman–Crippen LogP) is 7.29. The van der Waals surface area contributed by atoms with E-state index in [-0.39, 0.29) is 21.8 Å². The fourth-order valence-corrected chi connectivity index (χ4v) is 6.47. The number of anilines is 2. The molecule has 1 saturated heterocycles. The van der Waals surface area contributed by atoms with Gasteiger partial charge in [0.2, 0.25) is 0 Å². The molecule has 2 heterocycles. The second-order valence-electron chi connectivity index (χ2n) is 11.8. The maximum absolute atomic E-state index is 13.7. The molecular weight excluding hydrogens is 462 g/mol. The SMILES string of the molecule is CC1CCN(c2ccc(C3Nc4ccc5ccccc5c4C4=C3C(=O)CC(C)(C)C4)cc2[N+](=O)[O-])CC1. The third-order valence-electron chi connectivity index (χ3n) is 8.39. The highest BCUT2D eigenvalue weighted by Crippen LogP contribution is 2.52. The van der Waals surface area contributed by atoms with Crippen molar-refractivity contribution in [3.63, 3.8) is 0 Å². The second kappa shape index (κ2) is 8.72. The van der Waals surface area contributed by atoms with E-state index in [4.69, 9.17) is 0 Å². The number of rotatable bonds is 3. The Labute approximate surface area is 217 Å². The predicted molar refractivity (Wildman–Crippen MR) is 149 cm³/mol. The van der Waals surface area contributed by atoms with Gasteiger partial charge in [0.25, 0.3) is 5.69 Å². The smallest absolute Gasteiger partial charge is 0.292 e. The number of nitro benzene ring substituents is 1. The molecule has 0 amide bonds. The molecule has 0 saturated carbocycles. The number of benzene rings is 3. The van der Waals surface area contributed by atoms with Gasteiger partial charge in [-0.15, -0.1) is 0 Å². The van der Waals surface area contributed by atoms with Gasteiger partial charge in [0.15, 0.2) is 5.78 Å². The van der Waals surface area contributed by atoms with E-state index in [0.29, 0.717) is 18.0 Å². The highest BCUT2D eigenvalue weighted by atomic mass is 16.6. The van der Waals surface area contributed by atoms with Gasteiger partial charge in [-0.2, -0.15) is 0 Å². The molecule has 1 atom stereocenters. The molecule has 0 spiro atoms. The molecule has 3 aliphatic rings. The molecule has 0 aromatic heterocycles. The summed E-state index contributed by atoms with van der Waals surface area (Å²) < 4.78 is 0. The number of hydrogen-bond donors (Lipinski definition) is 1. The third kappa shape index (κ3) is 4.08. The number of Topliss-reactive ketones (excluding diaryl/α,β-unsaturated/α-hetero) is 1. The van der Waals surface area contributed by atoms with Gasteiger partial charge in [-0.3, -0.25) is 14.9 Å². The van der Waals surface area contributed by atoms with E-state index in [1.807, 2.05) is 24.3 Å². The number of hydrogen-bond acceptors (Lipinski definition) is 5. The Morgan fingerprint density at radius 2 is 1.78 bits per heavy atom. The van der Waals surface area contributed by atoms with Crippen LogP contribution >= 0.6 is 0 Å². The van der Waals surface area contributed by atoms with E-state index >= 15 is 0 Å². The zero-order valence-electron chi connectivity index (χ0n) is 21.7. The van der Waals surface area contributed by atoms with E-state index in [9.17, 15) is 14.9 Å². The van der Waals surface area contributed by atoms with Crippen molar-refractivity contribution in [2.24, 2.45) is 11.3 Å². The molecule has 0 radical (unpaired) electrons. The molecule has 0 bridgehead atoms. The number of nitrogens with one attached hydrogen (secondary N) is 1. The van der Waals surface area contributed by atoms with E-state index in [2.05, 4.69) is 55.3 Å². The minimum Gasteiger partial charge on any atom is -0.373 e. The van der Waals surface area contributed by atoms with Crippen molar-refractivity contribution in [2.45, 2.75) is 52.5 Å². The molecule has 2 aliphatic heterocycles. The number of piperidine rings is 1. The van der Waals surface area contributed by atoms with Crippen LogP contribution in [0.1, 0.15) is 63.6 Å². The number of ketones is 1. The Kier molecular flexibility index (Phi) is 5.59. The summed E-state index contributed by atoms with van der Waals surface area (Å²) in [6.07, 6.45) is 3.33. The minimum absolute atomic E-state index is 0.115. The summed E-state index contributed by atoms with van der Waals surface area (Å²) in [6.45, 7) is 8.18. The van der Waals surface area contributed by atoms with Crippen molar-refractivity contribution >= 4 is 39.2 Å². The van der Waals surface area contributed by atoms with Crippen LogP contribution in [0.15, 0.2) is 60.2 Å². The molecule has 6 heteroatoms. The minimum atomic E-state index is -0.415. The summed E-state index contributed by atoms with van der Waals surface area (Å²) in [4.78, 5) is 27.8. The summed E-state index contributed by atoms with van der Waals surface area (Å²) in [6, 6.07) is 17.6. The lowest BCUT2D eigenvalue weighted by Gasteiger charge is -2.40. The molecule has 37 heavy (non-hydrogen) atoms. The van der Waals surface area contributed by atoms with Crippen LogP contribution in [0.3, 0.4) is 0 Å². The fraction of sp³-hybridized carbons (Fsp3) is 0.387. The Morgan fingerprint density at radius 1 is 1.03 bits per heavy atom. The number of allylic oxidation sites excluding steroid dienone is 1. The average molecular weight is 496 g/mol. The summed E-state index contributed by atoms with van der Waals surface area (Å²) >= 11 is 0. The second-order valence-corrected chi connectivity index (χ2v) is 11.8. The van der Waals surface area contributed by atoms with Crippen LogP contribution < -0.4 is 10.2 Å². The van der Waals surface area contributed by atoms with Crippen molar-refractivity contribution in [1.29, 1.82) is 0 Å². The standard InChI is InChI=1S/C31H33N3O3/c1-19-12-14-33(15-13-19)25-11-9-21(16-26(25)34(36)37)30-29-23(17-31(2,3)18-27(29)35)28-22-7-5-4-6-20(22)8-10-24(28)32-30/h4-11,16,19,30,32H,12-15,17-18H2,1-3H3. The fourth-order valence-electron chi connectivity index (χ4n) is 6.47. The molecule has 1 fully saturated rings. The normalized spacial score (nSPS) is 21.4. The molecule has 1 aliphatic carbocycles. The first-order chi connectivity index (χ1) is 17.7. The van der Waals surface area contributed by atoms with Crippen molar-refractivity contribution in [1.82, 2.24) is 0 Å². The van der Waals surface area contributed by atoms with Gasteiger partial charge in [0, 0.05) is 42.4 Å². The zero-order chi connectivity index (χ0) is 25.9. The lowest BCUT2D eigenvalue weighted by molar-refractivity contribution is -0.384. The first kappa shape index (κ1) is 23.7. The van der Waals surface area contributed by atoms with E-state index < -0.39 is 6.04 Å². The summed E-state index contributed by atoms with van der Waals surface area (Å²) in [5.74, 6) is 0.767. The topological polar surface area (TPSA) is 75.5 Å². The Morgan fingerprint density at radius 3 is 2.54 bits per heavy atom. The Bertz CT molecular complexity index is 1460. The van der Waals surface area contributed by atoms with Crippen LogP contribution in [0.2, 0.25) is 0 Å². The van der Waals surface area contributed by atoms with Gasteiger partial charge in [-0.1, -0.05) is 57.2 Å². The van der Waals surface area contributed by atoms with Crippen LogP contribution in [-0.2, 0) is 4.79 Å². The van der Waals surface area contributed by atoms with Crippen LogP contribution in [0.5, 0.6) is 0 Å². The molecule has 3 aromatic carbocycles. The molecule has 6 rings (SSSR count). The largest absolute Gasteiger partial charge is 0.373 e. The monoisotopic (exact) mass is 495 g/mol. The lowest BCUT2D eigenvalue weighted by atomic mass is 9.68. The van der Waals surface area contributed by atoms with Crippen LogP contribution in [0.25, 0.3) is 16.3 Å². The van der Waals surface area contributed by atoms with Crippen LogP contribution in [0.4, 0.5) is 17.1 Å². The number of nitrogens with zero attached hydrogens (tertiary/aromatic N) is 2. The van der Waals surface area contributed by atoms with Crippen molar-refractivity contribution < 1.29 is 9.72 Å². The molecule has 3 aromatic rings. The molecule has 1 N–H and O–H groups in total. The lowest BCUT2D eigenvalue weighted by Crippen LogP contribution is -2.34. The van der Waals surface area contributed by atoms with Gasteiger partial charge < -0.3 is 10.2 Å². The van der Waals surface area contributed by atoms with Crippen molar-refractivity contribution in [3.05, 3.63) is 81.4 Å². The summed E-state index contributed by atoms with van der Waals surface area (Å²) in [7, 11) is 0. The maximum Gasteiger partial charge on any atom is 0.292 e. The number of nitro groups is 1. The van der Waals surface area contributed by atoms with Crippen molar-refractivity contribution in [3.8, 4) is 0 Å². The van der Waals surface area contributed by atoms with Crippen molar-refractivity contribution in [2.75, 3.05) is 23.3 Å². The van der Waals surface area contributed by atoms with Crippen LogP contribution in [0, 0.1) is 21.4 Å². The average Bonchev–Trinajstić information content (AvgIpc) is 2.87. The molecule has 1 unspecified atom stereocenters. The molecular formula is C31H33N3O3. The maximum atomic E-state index is 13.7. The third-order valence-corrected chi connectivity index (χ3v) is 8.39. The highest BCUT2D eigenvalue weighted by Gasteiger charge is 2.41. The van der Waals surface area contributed by atoms with Gasteiger partial charge >= 0.3 is 0 Å². The van der Waals surface area contributed by atoms with E-state index in [1.165, 1.54) is 0 Å². The zero-order valence-corrected chi connectivity index (χ0v) is 21.7. The Hall–Kier alpha value is -3.67. The van der Waals surface area contributed by atoms with E-state index in [0.717, 1.165) is 71.1 Å². The van der Waals surface area contributed by atoms with E-state index in [1.54, 1.807) is 6.07 Å². The quantitative estimate of drug-likeness (QED) is 0.305. The molecule has 6 nitrogen and oxygen atoms in total. The number of fused-ring (bicyclic) bond motifs is 4.